The molecule has 1 atom stereocenters. The van der Waals surface area contributed by atoms with Gasteiger partial charge in [-0.1, -0.05) is 12.1 Å². The number of rotatable bonds is 5. The lowest BCUT2D eigenvalue weighted by molar-refractivity contribution is 0.414. The van der Waals surface area contributed by atoms with E-state index in [0.29, 0.717) is 6.54 Å². The van der Waals surface area contributed by atoms with Crippen LogP contribution in [-0.2, 0) is 23.4 Å². The SMILES string of the molecule is COc1ccc(Cn2nc(CS(=O)[O-])c(N)c2N)cc1. The van der Waals surface area contributed by atoms with Crippen molar-refractivity contribution >= 4 is 22.6 Å². The van der Waals surface area contributed by atoms with E-state index in [-0.39, 0.29) is 23.0 Å². The van der Waals surface area contributed by atoms with Gasteiger partial charge in [-0.25, -0.2) is 4.68 Å². The Kier molecular flexibility index (Phi) is 4.26. The Morgan fingerprint density at radius 3 is 2.55 bits per heavy atom. The van der Waals surface area contributed by atoms with Gasteiger partial charge in [0.2, 0.25) is 0 Å². The molecule has 0 fully saturated rings. The van der Waals surface area contributed by atoms with Crippen molar-refractivity contribution < 1.29 is 13.5 Å². The second kappa shape index (κ2) is 5.93. The van der Waals surface area contributed by atoms with Gasteiger partial charge in [0.15, 0.2) is 0 Å². The average molecular weight is 295 g/mol. The summed E-state index contributed by atoms with van der Waals surface area (Å²) < 4.78 is 28.0. The molecule has 7 nitrogen and oxygen atoms in total. The number of ether oxygens (including phenoxy) is 1. The number of nitrogens with two attached hydrogens (primary N) is 2. The Morgan fingerprint density at radius 2 is 2.00 bits per heavy atom. The van der Waals surface area contributed by atoms with Gasteiger partial charge in [0.1, 0.15) is 11.6 Å². The van der Waals surface area contributed by atoms with Crippen molar-refractivity contribution in [2.45, 2.75) is 12.3 Å². The van der Waals surface area contributed by atoms with Crippen molar-refractivity contribution in [1.29, 1.82) is 0 Å². The molecular weight excluding hydrogens is 280 g/mol. The predicted octanol–water partition coefficient (Wildman–Crippen LogP) is 0.484. The zero-order valence-corrected chi connectivity index (χ0v) is 11.7. The molecule has 0 amide bonds. The Hall–Kier alpha value is -2.06. The molecule has 2 aromatic rings. The number of nitrogen functional groups attached to an aromatic ring is 2. The zero-order valence-electron chi connectivity index (χ0n) is 10.9. The summed E-state index contributed by atoms with van der Waals surface area (Å²) in [5.41, 5.74) is 13.0. The van der Waals surface area contributed by atoms with Gasteiger partial charge in [-0.15, -0.1) is 0 Å². The summed E-state index contributed by atoms with van der Waals surface area (Å²) in [5, 5.41) is 4.13. The smallest absolute Gasteiger partial charge is 0.145 e. The number of benzene rings is 1. The second-order valence-corrected chi connectivity index (χ2v) is 5.10. The lowest BCUT2D eigenvalue weighted by Crippen LogP contribution is -2.06. The van der Waals surface area contributed by atoms with Gasteiger partial charge < -0.3 is 20.8 Å². The van der Waals surface area contributed by atoms with E-state index < -0.39 is 11.1 Å². The number of hydrogen-bond donors (Lipinski definition) is 2. The number of nitrogens with zero attached hydrogens (tertiary/aromatic N) is 2. The molecule has 0 aliphatic carbocycles. The largest absolute Gasteiger partial charge is 0.772 e. The minimum Gasteiger partial charge on any atom is -0.772 e. The summed E-state index contributed by atoms with van der Waals surface area (Å²) in [6.07, 6.45) is 0. The summed E-state index contributed by atoms with van der Waals surface area (Å²) in [7, 11) is 1.59. The zero-order chi connectivity index (χ0) is 14.7. The third-order valence-electron chi connectivity index (χ3n) is 2.85. The van der Waals surface area contributed by atoms with Gasteiger partial charge in [0, 0.05) is 0 Å². The molecule has 0 saturated heterocycles. The molecule has 8 heteroatoms. The van der Waals surface area contributed by atoms with Crippen molar-refractivity contribution in [3.05, 3.63) is 35.5 Å². The van der Waals surface area contributed by atoms with Crippen LogP contribution in [0.5, 0.6) is 5.75 Å². The monoisotopic (exact) mass is 295 g/mol. The highest BCUT2D eigenvalue weighted by Crippen LogP contribution is 2.22. The van der Waals surface area contributed by atoms with Gasteiger partial charge >= 0.3 is 0 Å². The molecule has 0 saturated carbocycles. The molecule has 0 spiro atoms. The maximum absolute atomic E-state index is 10.7. The Balaban J connectivity index is 2.22. The van der Waals surface area contributed by atoms with Crippen LogP contribution in [0.2, 0.25) is 0 Å². The van der Waals surface area contributed by atoms with Gasteiger partial charge in [-0.05, 0) is 28.8 Å². The third kappa shape index (κ3) is 3.09. The molecule has 0 aliphatic rings. The highest BCUT2D eigenvalue weighted by molar-refractivity contribution is 7.78. The van der Waals surface area contributed by atoms with Crippen LogP contribution in [0.4, 0.5) is 11.5 Å². The van der Waals surface area contributed by atoms with Crippen LogP contribution in [0, 0.1) is 0 Å². The van der Waals surface area contributed by atoms with Crippen molar-refractivity contribution in [3.63, 3.8) is 0 Å². The van der Waals surface area contributed by atoms with E-state index in [0.717, 1.165) is 11.3 Å². The van der Waals surface area contributed by atoms with Crippen molar-refractivity contribution in [1.82, 2.24) is 9.78 Å². The molecule has 1 aromatic heterocycles. The molecule has 2 rings (SSSR count). The Bertz CT molecular complexity index is 624. The molecule has 1 aromatic carbocycles. The van der Waals surface area contributed by atoms with Crippen LogP contribution in [0.1, 0.15) is 11.3 Å². The van der Waals surface area contributed by atoms with Crippen LogP contribution in [0.25, 0.3) is 0 Å². The molecule has 1 heterocycles. The number of anilines is 2. The first-order chi connectivity index (χ1) is 9.51. The first-order valence-corrected chi connectivity index (χ1v) is 7.05. The molecule has 0 bridgehead atoms. The molecular formula is C12H15N4O3S-. The van der Waals surface area contributed by atoms with Crippen molar-refractivity contribution in [2.75, 3.05) is 18.6 Å². The average Bonchev–Trinajstić information content (AvgIpc) is 2.67. The predicted molar refractivity (Wildman–Crippen MR) is 75.8 cm³/mol. The lowest BCUT2D eigenvalue weighted by Gasteiger charge is -2.05. The quantitative estimate of drug-likeness (QED) is 0.774. The topological polar surface area (TPSA) is 119 Å². The number of methoxy groups -OCH3 is 1. The maximum Gasteiger partial charge on any atom is 0.145 e. The molecule has 0 radical (unpaired) electrons. The fraction of sp³-hybridized carbons (Fsp3) is 0.250. The minimum absolute atomic E-state index is 0.211. The van der Waals surface area contributed by atoms with E-state index in [2.05, 4.69) is 5.10 Å². The van der Waals surface area contributed by atoms with Gasteiger partial charge in [0.05, 0.1) is 30.8 Å². The third-order valence-corrected chi connectivity index (χ3v) is 3.36. The van der Waals surface area contributed by atoms with E-state index in [1.165, 1.54) is 4.68 Å². The van der Waals surface area contributed by atoms with Crippen LogP contribution >= 0.6 is 0 Å². The highest BCUT2D eigenvalue weighted by Gasteiger charge is 2.13. The molecule has 108 valence electrons. The van der Waals surface area contributed by atoms with E-state index in [4.69, 9.17) is 16.2 Å². The summed E-state index contributed by atoms with van der Waals surface area (Å²) in [6, 6.07) is 7.40. The van der Waals surface area contributed by atoms with Crippen LogP contribution in [0.15, 0.2) is 24.3 Å². The number of hydrogen-bond acceptors (Lipinski definition) is 6. The Labute approximate surface area is 118 Å². The fourth-order valence-electron chi connectivity index (χ4n) is 1.78. The van der Waals surface area contributed by atoms with Crippen molar-refractivity contribution in [2.24, 2.45) is 0 Å². The number of aromatic nitrogens is 2. The van der Waals surface area contributed by atoms with Crippen LogP contribution < -0.4 is 16.2 Å². The first kappa shape index (κ1) is 14.4. The fourth-order valence-corrected chi connectivity index (χ4v) is 2.22. The normalized spacial score (nSPS) is 12.3. The van der Waals surface area contributed by atoms with E-state index in [9.17, 15) is 8.76 Å². The standard InChI is InChI=1S/C12H16N4O3S/c1-19-9-4-2-8(3-5-9)6-16-12(14)11(13)10(15-16)7-20(17)18/h2-5H,6-7,13-14H2,1H3,(H,17,18)/p-1. The lowest BCUT2D eigenvalue weighted by atomic mass is 10.2. The molecule has 20 heavy (non-hydrogen) atoms. The maximum atomic E-state index is 10.7. The van der Waals surface area contributed by atoms with E-state index in [1.54, 1.807) is 7.11 Å². The van der Waals surface area contributed by atoms with Crippen LogP contribution in [-0.4, -0.2) is 25.7 Å². The summed E-state index contributed by atoms with van der Waals surface area (Å²) in [5.74, 6) is 0.774. The van der Waals surface area contributed by atoms with Crippen molar-refractivity contribution in [3.8, 4) is 5.75 Å². The van der Waals surface area contributed by atoms with Gasteiger partial charge in [0.25, 0.3) is 0 Å². The highest BCUT2D eigenvalue weighted by atomic mass is 32.2. The first-order valence-electron chi connectivity index (χ1n) is 5.80. The summed E-state index contributed by atoms with van der Waals surface area (Å²) in [6.45, 7) is 0.408. The summed E-state index contributed by atoms with van der Waals surface area (Å²) >= 11 is -2.25. The van der Waals surface area contributed by atoms with E-state index in [1.807, 2.05) is 24.3 Å². The summed E-state index contributed by atoms with van der Waals surface area (Å²) in [4.78, 5) is 0. The van der Waals surface area contributed by atoms with E-state index >= 15 is 0 Å². The Morgan fingerprint density at radius 1 is 1.35 bits per heavy atom. The van der Waals surface area contributed by atoms with Gasteiger partial charge in [-0.2, -0.15) is 5.10 Å². The molecule has 4 N–H and O–H groups in total. The second-order valence-electron chi connectivity index (χ2n) is 4.20. The molecule has 0 aliphatic heterocycles. The van der Waals surface area contributed by atoms with Gasteiger partial charge in [-0.3, -0.25) is 4.21 Å². The van der Waals surface area contributed by atoms with Crippen LogP contribution in [0.3, 0.4) is 0 Å². The molecule has 1 unspecified atom stereocenters. The minimum atomic E-state index is -2.25.